The van der Waals surface area contributed by atoms with Crippen LogP contribution in [0.3, 0.4) is 0 Å². The molecule has 0 aliphatic rings. The van der Waals surface area contributed by atoms with Gasteiger partial charge in [-0.25, -0.2) is 0 Å². The van der Waals surface area contributed by atoms with Crippen LogP contribution in [0.2, 0.25) is 0 Å². The van der Waals surface area contributed by atoms with Crippen molar-refractivity contribution in [2.75, 3.05) is 34.4 Å². The monoisotopic (exact) mass is 318 g/mol. The molecule has 0 N–H and O–H groups in total. The maximum Gasteiger partial charge on any atom is 0.161 e. The van der Waals surface area contributed by atoms with E-state index in [1.165, 1.54) is 0 Å². The van der Waals surface area contributed by atoms with Crippen LogP contribution < -0.4 is 9.47 Å². The number of hydrogen-bond donors (Lipinski definition) is 0. The lowest BCUT2D eigenvalue weighted by atomic mass is 9.69. The Balaban J connectivity index is 3.13. The number of benzene rings is 1. The Morgan fingerprint density at radius 3 is 2.35 bits per heavy atom. The molecule has 0 aliphatic carbocycles. The summed E-state index contributed by atoms with van der Waals surface area (Å²) in [5.41, 5.74) is 0.500. The number of nitrogens with zero attached hydrogens (tertiary/aromatic N) is 2. The quantitative estimate of drug-likeness (QED) is 0.694. The first-order chi connectivity index (χ1) is 10.9. The molecule has 1 aromatic rings. The van der Waals surface area contributed by atoms with Gasteiger partial charge in [0.25, 0.3) is 0 Å². The minimum Gasteiger partial charge on any atom is -0.493 e. The van der Waals surface area contributed by atoms with Crippen LogP contribution in [-0.4, -0.2) is 39.3 Å². The number of hydrogen-bond acceptors (Lipinski definition) is 4. The zero-order valence-electron chi connectivity index (χ0n) is 15.3. The van der Waals surface area contributed by atoms with E-state index in [1.54, 1.807) is 14.2 Å². The number of rotatable bonds is 9. The summed E-state index contributed by atoms with van der Waals surface area (Å²) < 4.78 is 10.7. The average molecular weight is 318 g/mol. The second kappa shape index (κ2) is 8.79. The standard InChI is InChI=1S/C19H30N2O2/c1-7-21(4)12-8-11-19(14-20,15(2)3)16-9-10-17(22-5)18(13-16)23-6/h9-10,13,15H,7-8,11-12H2,1-6H3. The van der Waals surface area contributed by atoms with Crippen molar-refractivity contribution in [1.29, 1.82) is 5.26 Å². The Hall–Kier alpha value is -1.73. The van der Waals surface area contributed by atoms with Gasteiger partial charge in [0.1, 0.15) is 0 Å². The molecular formula is C19H30N2O2. The van der Waals surface area contributed by atoms with Crippen LogP contribution in [0.5, 0.6) is 11.5 Å². The molecule has 0 saturated carbocycles. The van der Waals surface area contributed by atoms with Crippen molar-refractivity contribution in [3.8, 4) is 17.6 Å². The molecule has 4 heteroatoms. The van der Waals surface area contributed by atoms with Gasteiger partial charge in [-0.15, -0.1) is 0 Å². The smallest absolute Gasteiger partial charge is 0.161 e. The zero-order valence-corrected chi connectivity index (χ0v) is 15.3. The van der Waals surface area contributed by atoms with Crippen LogP contribution in [0.15, 0.2) is 18.2 Å². The van der Waals surface area contributed by atoms with Gasteiger partial charge < -0.3 is 14.4 Å². The van der Waals surface area contributed by atoms with E-state index < -0.39 is 5.41 Å². The van der Waals surface area contributed by atoms with Crippen LogP contribution in [0.4, 0.5) is 0 Å². The van der Waals surface area contributed by atoms with E-state index >= 15 is 0 Å². The van der Waals surface area contributed by atoms with Gasteiger partial charge in [0.05, 0.1) is 25.7 Å². The van der Waals surface area contributed by atoms with Gasteiger partial charge in [-0.3, -0.25) is 0 Å². The largest absolute Gasteiger partial charge is 0.493 e. The number of methoxy groups -OCH3 is 2. The van der Waals surface area contributed by atoms with Crippen molar-refractivity contribution in [3.05, 3.63) is 23.8 Å². The van der Waals surface area contributed by atoms with E-state index in [4.69, 9.17) is 9.47 Å². The highest BCUT2D eigenvalue weighted by Crippen LogP contribution is 2.40. The third kappa shape index (κ3) is 4.39. The molecule has 0 spiro atoms. The summed E-state index contributed by atoms with van der Waals surface area (Å²) >= 11 is 0. The van der Waals surface area contributed by atoms with E-state index in [1.807, 2.05) is 18.2 Å². The maximum atomic E-state index is 9.98. The summed E-state index contributed by atoms with van der Waals surface area (Å²) in [6.07, 6.45) is 1.82. The minimum absolute atomic E-state index is 0.220. The fourth-order valence-corrected chi connectivity index (χ4v) is 2.92. The molecule has 1 rings (SSSR count). The predicted molar refractivity (Wildman–Crippen MR) is 94.1 cm³/mol. The van der Waals surface area contributed by atoms with E-state index in [-0.39, 0.29) is 5.92 Å². The van der Waals surface area contributed by atoms with Crippen molar-refractivity contribution < 1.29 is 9.47 Å². The van der Waals surface area contributed by atoms with Gasteiger partial charge in [0, 0.05) is 0 Å². The molecule has 0 heterocycles. The zero-order chi connectivity index (χ0) is 17.5. The van der Waals surface area contributed by atoms with Crippen LogP contribution in [0.25, 0.3) is 0 Å². The summed E-state index contributed by atoms with van der Waals surface area (Å²) in [5.74, 6) is 1.59. The Bertz CT molecular complexity index is 537. The first-order valence-electron chi connectivity index (χ1n) is 8.27. The molecular weight excluding hydrogens is 288 g/mol. The maximum absolute atomic E-state index is 9.98. The van der Waals surface area contributed by atoms with Crippen molar-refractivity contribution in [1.82, 2.24) is 4.90 Å². The molecule has 1 aromatic carbocycles. The highest BCUT2D eigenvalue weighted by molar-refractivity contribution is 5.47. The van der Waals surface area contributed by atoms with Crippen LogP contribution >= 0.6 is 0 Å². The van der Waals surface area contributed by atoms with Crippen molar-refractivity contribution in [2.24, 2.45) is 5.92 Å². The lowest BCUT2D eigenvalue weighted by Gasteiger charge is -2.32. The summed E-state index contributed by atoms with van der Waals surface area (Å²) in [6.45, 7) is 8.40. The fraction of sp³-hybridized carbons (Fsp3) is 0.632. The number of nitriles is 1. The Morgan fingerprint density at radius 2 is 1.87 bits per heavy atom. The van der Waals surface area contributed by atoms with E-state index in [0.717, 1.165) is 31.5 Å². The van der Waals surface area contributed by atoms with Crippen LogP contribution in [0.1, 0.15) is 39.2 Å². The molecule has 0 aliphatic heterocycles. The highest BCUT2D eigenvalue weighted by Gasteiger charge is 2.36. The predicted octanol–water partition coefficient (Wildman–Crippen LogP) is 3.85. The molecule has 0 fully saturated rings. The van der Waals surface area contributed by atoms with Gasteiger partial charge in [-0.05, 0) is 56.6 Å². The normalized spacial score (nSPS) is 13.7. The van der Waals surface area contributed by atoms with Gasteiger partial charge >= 0.3 is 0 Å². The third-order valence-corrected chi connectivity index (χ3v) is 4.73. The number of ether oxygens (including phenoxy) is 2. The topological polar surface area (TPSA) is 45.5 Å². The molecule has 0 radical (unpaired) electrons. The lowest BCUT2D eigenvalue weighted by molar-refractivity contribution is 0.299. The summed E-state index contributed by atoms with van der Waals surface area (Å²) in [6, 6.07) is 8.43. The Kier molecular flexibility index (Phi) is 7.38. The summed E-state index contributed by atoms with van der Waals surface area (Å²) in [4.78, 5) is 2.27. The molecule has 0 amide bonds. The van der Waals surface area contributed by atoms with Gasteiger partial charge in [0.15, 0.2) is 11.5 Å². The highest BCUT2D eigenvalue weighted by atomic mass is 16.5. The average Bonchev–Trinajstić information content (AvgIpc) is 2.57. The molecule has 4 nitrogen and oxygen atoms in total. The third-order valence-electron chi connectivity index (χ3n) is 4.73. The van der Waals surface area contributed by atoms with Crippen molar-refractivity contribution >= 4 is 0 Å². The lowest BCUT2D eigenvalue weighted by Crippen LogP contribution is -2.32. The molecule has 128 valence electrons. The second-order valence-corrected chi connectivity index (χ2v) is 6.31. The van der Waals surface area contributed by atoms with E-state index in [2.05, 4.69) is 38.8 Å². The SMILES string of the molecule is CCN(C)CCCC(C#N)(c1ccc(OC)c(OC)c1)C(C)C. The second-order valence-electron chi connectivity index (χ2n) is 6.31. The molecule has 0 aromatic heterocycles. The molecule has 1 atom stereocenters. The molecule has 0 bridgehead atoms. The van der Waals surface area contributed by atoms with E-state index in [9.17, 15) is 5.26 Å². The van der Waals surface area contributed by atoms with Gasteiger partial charge in [-0.1, -0.05) is 26.8 Å². The molecule has 23 heavy (non-hydrogen) atoms. The first-order valence-corrected chi connectivity index (χ1v) is 8.27. The van der Waals surface area contributed by atoms with Gasteiger partial charge in [0.2, 0.25) is 0 Å². The Labute approximate surface area is 141 Å². The van der Waals surface area contributed by atoms with Crippen LogP contribution in [-0.2, 0) is 5.41 Å². The molecule has 1 unspecified atom stereocenters. The molecule has 0 saturated heterocycles. The van der Waals surface area contributed by atoms with Crippen molar-refractivity contribution in [2.45, 2.75) is 39.0 Å². The van der Waals surface area contributed by atoms with Gasteiger partial charge in [-0.2, -0.15) is 5.26 Å². The van der Waals surface area contributed by atoms with Crippen LogP contribution in [0, 0.1) is 17.2 Å². The minimum atomic E-state index is -0.506. The van der Waals surface area contributed by atoms with Crippen molar-refractivity contribution in [3.63, 3.8) is 0 Å². The first kappa shape index (κ1) is 19.3. The van der Waals surface area contributed by atoms with E-state index in [0.29, 0.717) is 11.5 Å². The Morgan fingerprint density at radius 1 is 1.22 bits per heavy atom. The summed E-state index contributed by atoms with van der Waals surface area (Å²) in [7, 11) is 5.36. The summed E-state index contributed by atoms with van der Waals surface area (Å²) in [5, 5.41) is 9.98. The fourth-order valence-electron chi connectivity index (χ4n) is 2.92.